The second-order valence-corrected chi connectivity index (χ2v) is 7.15. The molecule has 0 saturated heterocycles. The van der Waals surface area contributed by atoms with Crippen molar-refractivity contribution < 1.29 is 5.11 Å². The topological polar surface area (TPSA) is 23.5 Å². The lowest BCUT2D eigenvalue weighted by atomic mass is 9.73. The van der Waals surface area contributed by atoms with Gasteiger partial charge in [0.05, 0.1) is 0 Å². The van der Waals surface area contributed by atoms with Crippen LogP contribution in [0.4, 0.5) is 0 Å². The Balaban J connectivity index is 2.10. The lowest BCUT2D eigenvalue weighted by Gasteiger charge is -2.39. The van der Waals surface area contributed by atoms with Crippen LogP contribution in [0.15, 0.2) is 91.0 Å². The maximum atomic E-state index is 12.1. The van der Waals surface area contributed by atoms with Gasteiger partial charge in [-0.3, -0.25) is 0 Å². The first kappa shape index (κ1) is 18.4. The maximum absolute atomic E-state index is 12.1. The summed E-state index contributed by atoms with van der Waals surface area (Å²) >= 11 is 0. The molecule has 2 heteroatoms. The van der Waals surface area contributed by atoms with Gasteiger partial charge in [-0.15, -0.1) is 0 Å². The number of hydrogen-bond acceptors (Lipinski definition) is 2. The van der Waals surface area contributed by atoms with Crippen molar-refractivity contribution in [2.75, 3.05) is 20.6 Å². The van der Waals surface area contributed by atoms with Crippen molar-refractivity contribution in [2.45, 2.75) is 12.0 Å². The molecule has 0 aliphatic carbocycles. The third-order valence-corrected chi connectivity index (χ3v) is 4.93. The van der Waals surface area contributed by atoms with Gasteiger partial charge in [-0.1, -0.05) is 91.0 Å². The minimum atomic E-state index is -1.05. The fraction of sp³-hybridized carbons (Fsp3) is 0.250. The Morgan fingerprint density at radius 1 is 0.731 bits per heavy atom. The van der Waals surface area contributed by atoms with Gasteiger partial charge in [0.1, 0.15) is 5.60 Å². The van der Waals surface area contributed by atoms with E-state index in [-0.39, 0.29) is 5.92 Å². The van der Waals surface area contributed by atoms with Gasteiger partial charge < -0.3 is 10.0 Å². The van der Waals surface area contributed by atoms with Crippen molar-refractivity contribution in [3.63, 3.8) is 0 Å². The van der Waals surface area contributed by atoms with Gasteiger partial charge in [0.25, 0.3) is 0 Å². The molecule has 0 radical (unpaired) electrons. The zero-order valence-electron chi connectivity index (χ0n) is 15.5. The molecule has 0 heterocycles. The van der Waals surface area contributed by atoms with Gasteiger partial charge in [-0.25, -0.2) is 0 Å². The largest absolute Gasteiger partial charge is 0.380 e. The van der Waals surface area contributed by atoms with Crippen LogP contribution in [0.5, 0.6) is 0 Å². The predicted molar refractivity (Wildman–Crippen MR) is 108 cm³/mol. The number of rotatable bonds is 7. The van der Waals surface area contributed by atoms with E-state index in [1.54, 1.807) is 0 Å². The quantitative estimate of drug-likeness (QED) is 0.688. The second-order valence-electron chi connectivity index (χ2n) is 7.15. The summed E-state index contributed by atoms with van der Waals surface area (Å²) in [6.45, 7) is 0.787. The van der Waals surface area contributed by atoms with Crippen LogP contribution in [0.2, 0.25) is 0 Å². The van der Waals surface area contributed by atoms with Crippen LogP contribution < -0.4 is 0 Å². The third kappa shape index (κ3) is 4.04. The zero-order valence-corrected chi connectivity index (χ0v) is 15.5. The van der Waals surface area contributed by atoms with Crippen LogP contribution in [0.3, 0.4) is 0 Å². The molecular formula is C24H27NO. The number of benzene rings is 3. The molecule has 0 aliphatic heterocycles. The van der Waals surface area contributed by atoms with Crippen molar-refractivity contribution in [1.29, 1.82) is 0 Å². The van der Waals surface area contributed by atoms with Crippen LogP contribution >= 0.6 is 0 Å². The molecule has 0 aromatic heterocycles. The van der Waals surface area contributed by atoms with Crippen LogP contribution in [0, 0.1) is 5.92 Å². The van der Waals surface area contributed by atoms with Crippen molar-refractivity contribution in [3.05, 3.63) is 108 Å². The van der Waals surface area contributed by atoms with Crippen LogP contribution in [0.1, 0.15) is 16.7 Å². The number of hydrogen-bond donors (Lipinski definition) is 1. The minimum absolute atomic E-state index is 0.0182. The standard InChI is InChI=1S/C24H27NO/c1-25(2)19-23(18-20-12-6-3-7-13-20)24(26,21-14-8-4-9-15-21)22-16-10-5-11-17-22/h3-17,23,26H,18-19H2,1-2H3/t23-/m1/s1. The third-order valence-electron chi connectivity index (χ3n) is 4.93. The molecule has 3 rings (SSSR count). The molecule has 0 bridgehead atoms. The Hall–Kier alpha value is -2.42. The smallest absolute Gasteiger partial charge is 0.119 e. The molecule has 134 valence electrons. The number of nitrogens with zero attached hydrogens (tertiary/aromatic N) is 1. The molecule has 0 unspecified atom stereocenters. The van der Waals surface area contributed by atoms with Crippen molar-refractivity contribution in [2.24, 2.45) is 5.92 Å². The summed E-state index contributed by atoms with van der Waals surface area (Å²) in [6, 6.07) is 30.5. The molecule has 3 aromatic rings. The normalized spacial score (nSPS) is 12.9. The molecule has 26 heavy (non-hydrogen) atoms. The molecule has 0 spiro atoms. The molecule has 0 fully saturated rings. The predicted octanol–water partition coefficient (Wildman–Crippen LogP) is 4.34. The van der Waals surface area contributed by atoms with Crippen molar-refractivity contribution in [1.82, 2.24) is 4.90 Å². The summed E-state index contributed by atoms with van der Waals surface area (Å²) in [7, 11) is 4.13. The minimum Gasteiger partial charge on any atom is -0.380 e. The Morgan fingerprint density at radius 3 is 1.58 bits per heavy atom. The van der Waals surface area contributed by atoms with Crippen LogP contribution in [-0.4, -0.2) is 30.6 Å². The first-order valence-corrected chi connectivity index (χ1v) is 9.13. The second kappa shape index (κ2) is 8.31. The fourth-order valence-electron chi connectivity index (χ4n) is 3.71. The van der Waals surface area contributed by atoms with Gasteiger partial charge >= 0.3 is 0 Å². The average Bonchev–Trinajstić information content (AvgIpc) is 2.69. The lowest BCUT2D eigenvalue weighted by molar-refractivity contribution is 0.00509. The zero-order chi connectivity index (χ0) is 18.4. The summed E-state index contributed by atoms with van der Waals surface area (Å²) in [5.74, 6) is 0.0182. The van der Waals surface area contributed by atoms with Crippen LogP contribution in [-0.2, 0) is 12.0 Å². The lowest BCUT2D eigenvalue weighted by Crippen LogP contribution is -2.43. The van der Waals surface area contributed by atoms with Gasteiger partial charge in [-0.2, -0.15) is 0 Å². The van der Waals surface area contributed by atoms with E-state index in [1.807, 2.05) is 66.7 Å². The molecular weight excluding hydrogens is 318 g/mol. The molecule has 0 saturated carbocycles. The van der Waals surface area contributed by atoms with E-state index in [0.29, 0.717) is 0 Å². The maximum Gasteiger partial charge on any atom is 0.119 e. The van der Waals surface area contributed by atoms with Crippen molar-refractivity contribution >= 4 is 0 Å². The molecule has 0 aliphatic rings. The Morgan fingerprint density at radius 2 is 1.15 bits per heavy atom. The summed E-state index contributed by atoms with van der Waals surface area (Å²) in [5, 5.41) is 12.1. The number of aliphatic hydroxyl groups is 1. The molecule has 0 amide bonds. The van der Waals surface area contributed by atoms with E-state index in [4.69, 9.17) is 0 Å². The highest BCUT2D eigenvalue weighted by atomic mass is 16.3. The highest BCUT2D eigenvalue weighted by molar-refractivity contribution is 5.38. The molecule has 1 atom stereocenters. The van der Waals surface area contributed by atoms with Crippen molar-refractivity contribution in [3.8, 4) is 0 Å². The van der Waals surface area contributed by atoms with E-state index in [2.05, 4.69) is 43.3 Å². The van der Waals surface area contributed by atoms with Gasteiger partial charge in [0.15, 0.2) is 0 Å². The van der Waals surface area contributed by atoms with Crippen LogP contribution in [0.25, 0.3) is 0 Å². The molecule has 3 aromatic carbocycles. The first-order valence-electron chi connectivity index (χ1n) is 9.13. The highest BCUT2D eigenvalue weighted by Crippen LogP contribution is 2.39. The summed E-state index contributed by atoms with van der Waals surface area (Å²) in [6.07, 6.45) is 0.805. The summed E-state index contributed by atoms with van der Waals surface area (Å²) in [4.78, 5) is 2.16. The summed E-state index contributed by atoms with van der Waals surface area (Å²) < 4.78 is 0. The molecule has 1 N–H and O–H groups in total. The fourth-order valence-corrected chi connectivity index (χ4v) is 3.71. The first-order chi connectivity index (χ1) is 12.6. The van der Waals surface area contributed by atoms with E-state index in [0.717, 1.165) is 24.1 Å². The van der Waals surface area contributed by atoms with E-state index in [9.17, 15) is 5.11 Å². The molecule has 2 nitrogen and oxygen atoms in total. The summed E-state index contributed by atoms with van der Waals surface area (Å²) in [5.41, 5.74) is 2.07. The Bertz CT molecular complexity index is 745. The monoisotopic (exact) mass is 345 g/mol. The van der Waals surface area contributed by atoms with Gasteiger partial charge in [0, 0.05) is 12.5 Å². The van der Waals surface area contributed by atoms with Gasteiger partial charge in [-0.05, 0) is 37.2 Å². The highest BCUT2D eigenvalue weighted by Gasteiger charge is 2.40. The van der Waals surface area contributed by atoms with E-state index >= 15 is 0 Å². The average molecular weight is 345 g/mol. The van der Waals surface area contributed by atoms with E-state index < -0.39 is 5.60 Å². The SMILES string of the molecule is CN(C)C[C@@H](Cc1ccccc1)C(O)(c1ccccc1)c1ccccc1. The Labute approximate surface area is 156 Å². The van der Waals surface area contributed by atoms with E-state index in [1.165, 1.54) is 5.56 Å². The van der Waals surface area contributed by atoms with Gasteiger partial charge in [0.2, 0.25) is 0 Å². The Kier molecular flexibility index (Phi) is 5.87.